The first-order valence-electron chi connectivity index (χ1n) is 7.85. The molecule has 0 unspecified atom stereocenters. The third-order valence-corrected chi connectivity index (χ3v) is 3.93. The zero-order chi connectivity index (χ0) is 16.4. The summed E-state index contributed by atoms with van der Waals surface area (Å²) in [6, 6.07) is 3.87. The molecule has 0 atom stereocenters. The van der Waals surface area contributed by atoms with Crippen molar-refractivity contribution in [3.63, 3.8) is 0 Å². The van der Waals surface area contributed by atoms with Gasteiger partial charge in [-0.25, -0.2) is 4.98 Å². The number of hydrogen-bond acceptors (Lipinski definition) is 6. The third-order valence-electron chi connectivity index (χ3n) is 3.93. The molecule has 1 aliphatic heterocycles. The summed E-state index contributed by atoms with van der Waals surface area (Å²) >= 11 is 0. The van der Waals surface area contributed by atoms with Crippen LogP contribution in [0, 0.1) is 13.8 Å². The second-order valence-electron chi connectivity index (χ2n) is 5.50. The molecule has 1 aromatic heterocycles. The molecule has 0 radical (unpaired) electrons. The van der Waals surface area contributed by atoms with Crippen molar-refractivity contribution in [1.29, 1.82) is 0 Å². The lowest BCUT2D eigenvalue weighted by Gasteiger charge is -2.24. The Hall–Kier alpha value is -2.50. The Labute approximate surface area is 136 Å². The van der Waals surface area contributed by atoms with Crippen LogP contribution in [0.2, 0.25) is 0 Å². The van der Waals surface area contributed by atoms with E-state index in [-0.39, 0.29) is 0 Å². The minimum Gasteiger partial charge on any atom is -0.486 e. The van der Waals surface area contributed by atoms with Crippen LogP contribution in [0.5, 0.6) is 11.5 Å². The number of anilines is 3. The van der Waals surface area contributed by atoms with Crippen LogP contribution in [0.1, 0.15) is 23.7 Å². The summed E-state index contributed by atoms with van der Waals surface area (Å²) in [5, 5.41) is 6.36. The van der Waals surface area contributed by atoms with Crippen molar-refractivity contribution in [2.75, 3.05) is 30.9 Å². The van der Waals surface area contributed by atoms with Gasteiger partial charge in [-0.3, -0.25) is 0 Å². The van der Waals surface area contributed by atoms with Crippen molar-refractivity contribution >= 4 is 17.5 Å². The number of nitrogens with one attached hydrogen (secondary N) is 2. The third kappa shape index (κ3) is 3.02. The lowest BCUT2D eigenvalue weighted by atomic mass is 10.0. The van der Waals surface area contributed by atoms with Crippen LogP contribution in [0.3, 0.4) is 0 Å². The molecule has 0 saturated heterocycles. The van der Waals surface area contributed by atoms with Crippen molar-refractivity contribution in [3.8, 4) is 11.5 Å². The van der Waals surface area contributed by atoms with Crippen LogP contribution in [-0.4, -0.2) is 30.2 Å². The number of fused-ring (bicyclic) bond motifs is 1. The molecule has 0 spiro atoms. The summed E-state index contributed by atoms with van der Waals surface area (Å²) in [6.45, 7) is 7.31. The van der Waals surface area contributed by atoms with Gasteiger partial charge in [-0.2, -0.15) is 4.98 Å². The van der Waals surface area contributed by atoms with Crippen LogP contribution >= 0.6 is 0 Å². The zero-order valence-electron chi connectivity index (χ0n) is 14.0. The molecular weight excluding hydrogens is 292 g/mol. The molecule has 0 saturated carbocycles. The van der Waals surface area contributed by atoms with Crippen molar-refractivity contribution in [3.05, 3.63) is 29.0 Å². The highest BCUT2D eigenvalue weighted by Gasteiger charge is 2.20. The summed E-state index contributed by atoms with van der Waals surface area (Å²) in [5.41, 5.74) is 4.13. The fourth-order valence-electron chi connectivity index (χ4n) is 2.78. The average molecular weight is 314 g/mol. The first-order chi connectivity index (χ1) is 11.1. The molecule has 0 amide bonds. The summed E-state index contributed by atoms with van der Waals surface area (Å²) < 4.78 is 11.5. The van der Waals surface area contributed by atoms with E-state index in [2.05, 4.69) is 34.4 Å². The van der Waals surface area contributed by atoms with Gasteiger partial charge in [0.1, 0.15) is 19.0 Å². The Bertz CT molecular complexity index is 731. The van der Waals surface area contributed by atoms with Gasteiger partial charge in [0.25, 0.3) is 0 Å². The van der Waals surface area contributed by atoms with Crippen molar-refractivity contribution < 1.29 is 9.47 Å². The molecule has 0 fully saturated rings. The second-order valence-corrected chi connectivity index (χ2v) is 5.50. The molecule has 6 nitrogen and oxygen atoms in total. The standard InChI is InChI=1S/C17H22N4O2/c1-5-12-11(3)13(9-14-16(12)23-7-6-22-14)20-17-19-10(2)8-15(18-4)21-17/h8-9H,5-7H2,1-4H3,(H2,18,19,20,21). The van der Waals surface area contributed by atoms with E-state index in [1.54, 1.807) is 0 Å². The number of aryl methyl sites for hydroxylation is 1. The van der Waals surface area contributed by atoms with E-state index in [0.29, 0.717) is 19.2 Å². The topological polar surface area (TPSA) is 68.3 Å². The molecule has 6 heteroatoms. The van der Waals surface area contributed by atoms with Gasteiger partial charge in [0, 0.05) is 36.1 Å². The highest BCUT2D eigenvalue weighted by molar-refractivity contribution is 5.69. The molecule has 0 aliphatic carbocycles. The van der Waals surface area contributed by atoms with Gasteiger partial charge < -0.3 is 20.1 Å². The van der Waals surface area contributed by atoms with Crippen LogP contribution in [0.15, 0.2) is 12.1 Å². The number of aromatic nitrogens is 2. The highest BCUT2D eigenvalue weighted by Crippen LogP contribution is 2.40. The second kappa shape index (κ2) is 6.32. The maximum atomic E-state index is 5.79. The van der Waals surface area contributed by atoms with Crippen molar-refractivity contribution in [2.45, 2.75) is 27.2 Å². The fourth-order valence-corrected chi connectivity index (χ4v) is 2.78. The largest absolute Gasteiger partial charge is 0.486 e. The van der Waals surface area contributed by atoms with Gasteiger partial charge in [0.15, 0.2) is 11.5 Å². The number of ether oxygens (including phenoxy) is 2. The van der Waals surface area contributed by atoms with Gasteiger partial charge in [-0.05, 0) is 25.8 Å². The first kappa shape index (κ1) is 15.4. The minimum atomic E-state index is 0.566. The van der Waals surface area contributed by atoms with Crippen LogP contribution in [-0.2, 0) is 6.42 Å². The number of hydrogen-bond donors (Lipinski definition) is 2. The van der Waals surface area contributed by atoms with Gasteiger partial charge in [0.2, 0.25) is 5.95 Å². The lowest BCUT2D eigenvalue weighted by molar-refractivity contribution is 0.170. The summed E-state index contributed by atoms with van der Waals surface area (Å²) in [7, 11) is 1.84. The summed E-state index contributed by atoms with van der Waals surface area (Å²) in [6.07, 6.45) is 0.878. The monoisotopic (exact) mass is 314 g/mol. The normalized spacial score (nSPS) is 12.9. The van der Waals surface area contributed by atoms with E-state index >= 15 is 0 Å². The molecule has 122 valence electrons. The number of rotatable bonds is 4. The predicted octanol–water partition coefficient (Wildman–Crippen LogP) is 3.21. The van der Waals surface area contributed by atoms with Crippen LogP contribution in [0.25, 0.3) is 0 Å². The first-order valence-corrected chi connectivity index (χ1v) is 7.85. The molecule has 3 rings (SSSR count). The van der Waals surface area contributed by atoms with Gasteiger partial charge in [-0.15, -0.1) is 0 Å². The highest BCUT2D eigenvalue weighted by atomic mass is 16.6. The van der Waals surface area contributed by atoms with Crippen molar-refractivity contribution in [2.24, 2.45) is 0 Å². The van der Waals surface area contributed by atoms with E-state index in [0.717, 1.165) is 46.2 Å². The molecule has 2 N–H and O–H groups in total. The Morgan fingerprint density at radius 1 is 1.13 bits per heavy atom. The quantitative estimate of drug-likeness (QED) is 0.903. The molecule has 23 heavy (non-hydrogen) atoms. The van der Waals surface area contributed by atoms with Gasteiger partial charge >= 0.3 is 0 Å². The number of nitrogens with zero attached hydrogens (tertiary/aromatic N) is 2. The number of benzene rings is 1. The zero-order valence-corrected chi connectivity index (χ0v) is 14.0. The fraction of sp³-hybridized carbons (Fsp3) is 0.412. The maximum absolute atomic E-state index is 5.79. The van der Waals surface area contributed by atoms with Crippen LogP contribution in [0.4, 0.5) is 17.5 Å². The summed E-state index contributed by atoms with van der Waals surface area (Å²) in [5.74, 6) is 2.99. The van der Waals surface area contributed by atoms with Gasteiger partial charge in [0.05, 0.1) is 0 Å². The molecular formula is C17H22N4O2. The van der Waals surface area contributed by atoms with Crippen molar-refractivity contribution in [1.82, 2.24) is 9.97 Å². The summed E-state index contributed by atoms with van der Waals surface area (Å²) in [4.78, 5) is 8.90. The predicted molar refractivity (Wildman–Crippen MR) is 91.1 cm³/mol. The van der Waals surface area contributed by atoms with E-state index in [4.69, 9.17) is 9.47 Å². The van der Waals surface area contributed by atoms with Crippen LogP contribution < -0.4 is 20.1 Å². The average Bonchev–Trinajstić information content (AvgIpc) is 2.55. The SMILES string of the molecule is CCc1c(C)c(Nc2nc(C)cc(NC)n2)cc2c1OCCO2. The minimum absolute atomic E-state index is 0.566. The molecule has 2 heterocycles. The van der Waals surface area contributed by atoms with E-state index in [1.165, 1.54) is 0 Å². The smallest absolute Gasteiger partial charge is 0.229 e. The Balaban J connectivity index is 2.01. The molecule has 2 aromatic rings. The Morgan fingerprint density at radius 2 is 1.91 bits per heavy atom. The maximum Gasteiger partial charge on any atom is 0.229 e. The van der Waals surface area contributed by atoms with E-state index in [9.17, 15) is 0 Å². The van der Waals surface area contributed by atoms with E-state index in [1.807, 2.05) is 26.1 Å². The molecule has 0 bridgehead atoms. The molecule has 1 aliphatic rings. The van der Waals surface area contributed by atoms with E-state index < -0.39 is 0 Å². The van der Waals surface area contributed by atoms with Gasteiger partial charge in [-0.1, -0.05) is 6.92 Å². The Kier molecular flexibility index (Phi) is 4.23. The lowest BCUT2D eigenvalue weighted by Crippen LogP contribution is -2.17. The Morgan fingerprint density at radius 3 is 2.65 bits per heavy atom. The molecule has 1 aromatic carbocycles.